The van der Waals surface area contributed by atoms with E-state index in [1.54, 1.807) is 0 Å². The molecule has 0 saturated heterocycles. The van der Waals surface area contributed by atoms with Crippen LogP contribution in [0.1, 0.15) is 34.1 Å². The van der Waals surface area contributed by atoms with Crippen LogP contribution in [-0.4, -0.2) is 34.5 Å². The zero-order valence-electron chi connectivity index (χ0n) is 11.3. The molecule has 0 aromatic heterocycles. The van der Waals surface area contributed by atoms with Gasteiger partial charge in [-0.05, 0) is 31.4 Å². The van der Waals surface area contributed by atoms with Crippen molar-refractivity contribution < 1.29 is 0 Å². The Labute approximate surface area is 108 Å². The van der Waals surface area contributed by atoms with Gasteiger partial charge >= 0.3 is 0 Å². The molecule has 0 aliphatic carbocycles. The summed E-state index contributed by atoms with van der Waals surface area (Å²) >= 11 is 0. The molecule has 4 heteroatoms. The first kappa shape index (κ1) is 16.3. The van der Waals surface area contributed by atoms with Gasteiger partial charge in [-0.15, -0.1) is 0 Å². The molecule has 0 aromatic rings. The zero-order chi connectivity index (χ0) is 12.7. The summed E-state index contributed by atoms with van der Waals surface area (Å²) in [7, 11) is 10.9. The summed E-state index contributed by atoms with van der Waals surface area (Å²) in [6, 6.07) is 0. The summed E-state index contributed by atoms with van der Waals surface area (Å²) < 4.78 is 0.328. The van der Waals surface area contributed by atoms with Crippen molar-refractivity contribution in [3.8, 4) is 0 Å². The van der Waals surface area contributed by atoms with Crippen LogP contribution in [0.4, 0.5) is 0 Å². The van der Waals surface area contributed by atoms with Gasteiger partial charge < -0.3 is 0 Å². The van der Waals surface area contributed by atoms with Crippen molar-refractivity contribution in [3.05, 3.63) is 0 Å². The third-order valence-corrected chi connectivity index (χ3v) is 11.5. The van der Waals surface area contributed by atoms with E-state index in [0.717, 1.165) is 6.42 Å². The first-order chi connectivity index (χ1) is 6.21. The lowest BCUT2D eigenvalue weighted by atomic mass is 9.99. The van der Waals surface area contributed by atoms with E-state index in [2.05, 4.69) is 52.7 Å². The fraction of sp³-hybridized carbons (Fsp3) is 1.00. The molecule has 0 heterocycles. The van der Waals surface area contributed by atoms with Crippen molar-refractivity contribution in [2.24, 2.45) is 0 Å². The van der Waals surface area contributed by atoms with Crippen LogP contribution >= 0.6 is 39.8 Å². The fourth-order valence-corrected chi connectivity index (χ4v) is 3.20. The number of hydrogen-bond acceptors (Lipinski definition) is 0. The molecule has 96 valence electrons. The molecule has 0 nitrogen and oxygen atoms in total. The van der Waals surface area contributed by atoms with E-state index in [4.69, 9.17) is 21.4 Å². The standard InChI is InChI=1S/C11H26Cl2S2/c1-10(2,14(5,6)12)9-11(3,4)15(7,8)13/h9H2,1-8H3. The van der Waals surface area contributed by atoms with E-state index in [9.17, 15) is 0 Å². The summed E-state index contributed by atoms with van der Waals surface area (Å²) in [5.74, 6) is 0. The molecule has 0 aromatic carbocycles. The molecule has 0 amide bonds. The van der Waals surface area contributed by atoms with Gasteiger partial charge in [-0.25, -0.2) is 0 Å². The van der Waals surface area contributed by atoms with Crippen LogP contribution in [0, 0.1) is 0 Å². The highest BCUT2D eigenvalue weighted by atomic mass is 35.7. The van der Waals surface area contributed by atoms with Gasteiger partial charge in [0, 0.05) is 9.49 Å². The van der Waals surface area contributed by atoms with Gasteiger partial charge in [0.2, 0.25) is 0 Å². The second kappa shape index (κ2) is 4.51. The highest BCUT2D eigenvalue weighted by Gasteiger charge is 2.41. The molecule has 0 unspecified atom stereocenters. The molecule has 0 atom stereocenters. The first-order valence-corrected chi connectivity index (χ1v) is 11.6. The smallest absolute Gasteiger partial charge is 0.00779 e. The molecule has 0 aliphatic rings. The summed E-state index contributed by atoms with van der Waals surface area (Å²) in [4.78, 5) is 0. The van der Waals surface area contributed by atoms with Gasteiger partial charge in [-0.3, -0.25) is 0 Å². The average molecular weight is 293 g/mol. The Kier molecular flexibility index (Phi) is 4.90. The average Bonchev–Trinajstić information content (AvgIpc) is 1.77. The van der Waals surface area contributed by atoms with Gasteiger partial charge in [0.05, 0.1) is 0 Å². The van der Waals surface area contributed by atoms with Gasteiger partial charge in [0.25, 0.3) is 0 Å². The SMILES string of the molecule is CC(C)(CC(C)(C)S(C)(C)Cl)S(C)(C)Cl. The number of rotatable bonds is 4. The van der Waals surface area contributed by atoms with Gasteiger partial charge in [-0.1, -0.05) is 49.1 Å². The van der Waals surface area contributed by atoms with Gasteiger partial charge in [0.1, 0.15) is 0 Å². The lowest BCUT2D eigenvalue weighted by molar-refractivity contribution is 0.534. The third kappa shape index (κ3) is 4.22. The predicted octanol–water partition coefficient (Wildman–Crippen LogP) is 5.37. The highest BCUT2D eigenvalue weighted by Crippen LogP contribution is 2.66. The van der Waals surface area contributed by atoms with Crippen molar-refractivity contribution in [3.63, 3.8) is 0 Å². The molecule has 0 saturated carbocycles. The molecule has 0 rings (SSSR count). The Bertz CT molecular complexity index is 198. The summed E-state index contributed by atoms with van der Waals surface area (Å²) in [5, 5.41) is 0. The summed E-state index contributed by atoms with van der Waals surface area (Å²) in [6.07, 6.45) is 9.75. The summed E-state index contributed by atoms with van der Waals surface area (Å²) in [6.45, 7) is 9.05. The van der Waals surface area contributed by atoms with Crippen LogP contribution in [0.5, 0.6) is 0 Å². The second-order valence-corrected chi connectivity index (χ2v) is 17.7. The molecule has 0 aliphatic heterocycles. The quantitative estimate of drug-likeness (QED) is 0.653. The van der Waals surface area contributed by atoms with Crippen LogP contribution in [0.2, 0.25) is 0 Å². The molecule has 15 heavy (non-hydrogen) atoms. The molecule has 0 N–H and O–H groups in total. The Morgan fingerprint density at radius 1 is 0.733 bits per heavy atom. The van der Waals surface area contributed by atoms with E-state index in [-0.39, 0.29) is 9.49 Å². The van der Waals surface area contributed by atoms with Crippen LogP contribution in [0.15, 0.2) is 0 Å². The minimum Gasteiger partial charge on any atom is -0.164 e. The van der Waals surface area contributed by atoms with Crippen molar-refractivity contribution in [1.82, 2.24) is 0 Å². The van der Waals surface area contributed by atoms with Crippen LogP contribution in [0.3, 0.4) is 0 Å². The van der Waals surface area contributed by atoms with E-state index < -0.39 is 18.5 Å². The largest absolute Gasteiger partial charge is 0.164 e. The maximum Gasteiger partial charge on any atom is 0.00779 e. The van der Waals surface area contributed by atoms with Crippen LogP contribution < -0.4 is 0 Å². The third-order valence-electron chi connectivity index (χ3n) is 3.48. The van der Waals surface area contributed by atoms with Crippen molar-refractivity contribution in [2.45, 2.75) is 43.6 Å². The summed E-state index contributed by atoms with van der Waals surface area (Å²) in [5.41, 5.74) is 0. The predicted molar refractivity (Wildman–Crippen MR) is 83.4 cm³/mol. The van der Waals surface area contributed by atoms with E-state index in [0.29, 0.717) is 0 Å². The minimum absolute atomic E-state index is 0.164. The lowest BCUT2D eigenvalue weighted by Gasteiger charge is -2.50. The molecule has 0 bridgehead atoms. The minimum atomic E-state index is -1.07. The normalized spacial score (nSPS) is 17.7. The Balaban J connectivity index is 4.89. The van der Waals surface area contributed by atoms with Crippen molar-refractivity contribution >= 4 is 39.8 Å². The fourth-order valence-electron chi connectivity index (χ4n) is 1.37. The number of halogens is 2. The number of hydrogen-bond donors (Lipinski definition) is 0. The van der Waals surface area contributed by atoms with Crippen molar-refractivity contribution in [2.75, 3.05) is 25.0 Å². The maximum absolute atomic E-state index is 6.53. The molecule has 0 radical (unpaired) electrons. The Morgan fingerprint density at radius 3 is 1.07 bits per heavy atom. The van der Waals surface area contributed by atoms with Gasteiger partial charge in [0.15, 0.2) is 0 Å². The lowest BCUT2D eigenvalue weighted by Crippen LogP contribution is -2.36. The molecular formula is C11H26Cl2S2. The van der Waals surface area contributed by atoms with Crippen molar-refractivity contribution in [1.29, 1.82) is 0 Å². The maximum atomic E-state index is 6.53. The van der Waals surface area contributed by atoms with E-state index in [1.165, 1.54) is 0 Å². The Morgan fingerprint density at radius 2 is 0.933 bits per heavy atom. The highest BCUT2D eigenvalue weighted by molar-refractivity contribution is 8.51. The van der Waals surface area contributed by atoms with E-state index >= 15 is 0 Å². The van der Waals surface area contributed by atoms with Crippen LogP contribution in [0.25, 0.3) is 0 Å². The molecule has 0 fully saturated rings. The monoisotopic (exact) mass is 292 g/mol. The topological polar surface area (TPSA) is 0 Å². The molecular weight excluding hydrogens is 267 g/mol. The van der Waals surface area contributed by atoms with E-state index in [1.807, 2.05) is 0 Å². The molecule has 0 spiro atoms. The van der Waals surface area contributed by atoms with Gasteiger partial charge in [-0.2, -0.15) is 18.5 Å². The zero-order valence-corrected chi connectivity index (χ0v) is 14.4. The first-order valence-electron chi connectivity index (χ1n) is 5.06. The Hall–Kier alpha value is 1.28. The second-order valence-electron chi connectivity index (χ2n) is 6.10. The van der Waals surface area contributed by atoms with Crippen LogP contribution in [-0.2, 0) is 0 Å².